The first-order chi connectivity index (χ1) is 9.47. The van der Waals surface area contributed by atoms with Gasteiger partial charge in [-0.15, -0.1) is 0 Å². The summed E-state index contributed by atoms with van der Waals surface area (Å²) >= 11 is 0. The fourth-order valence-electron chi connectivity index (χ4n) is 3.01. The lowest BCUT2D eigenvalue weighted by Crippen LogP contribution is -2.53. The summed E-state index contributed by atoms with van der Waals surface area (Å²) in [6.45, 7) is 6.04. The molecule has 0 saturated carbocycles. The Balaban J connectivity index is 2.14. The first kappa shape index (κ1) is 15.4. The Hall–Kier alpha value is -1.00. The van der Waals surface area contributed by atoms with Gasteiger partial charge in [0.25, 0.3) is 0 Å². The molecule has 1 aromatic carbocycles. The number of hydrogen-bond acceptors (Lipinski definition) is 2. The third-order valence-corrected chi connectivity index (χ3v) is 4.69. The quantitative estimate of drug-likeness (QED) is 0.897. The van der Waals surface area contributed by atoms with Gasteiger partial charge in [-0.25, -0.2) is 8.78 Å². The number of aliphatic hydroxyl groups excluding tert-OH is 1. The average Bonchev–Trinajstić information content (AvgIpc) is 2.95. The lowest BCUT2D eigenvalue weighted by Gasteiger charge is -2.42. The van der Waals surface area contributed by atoms with Crippen LogP contribution in [0.1, 0.15) is 38.7 Å². The molecule has 1 aromatic rings. The highest BCUT2D eigenvalue weighted by atomic mass is 19.1. The summed E-state index contributed by atoms with van der Waals surface area (Å²) in [7, 11) is 0. The van der Waals surface area contributed by atoms with Gasteiger partial charge in [0.15, 0.2) is 0 Å². The molecule has 1 heterocycles. The molecule has 2 unspecified atom stereocenters. The summed E-state index contributed by atoms with van der Waals surface area (Å²) in [5.41, 5.74) is 0.0231. The Morgan fingerprint density at radius 2 is 1.95 bits per heavy atom. The van der Waals surface area contributed by atoms with Crippen LogP contribution in [0.2, 0.25) is 0 Å². The number of aliphatic hydroxyl groups is 1. The van der Waals surface area contributed by atoms with Gasteiger partial charge in [-0.2, -0.15) is 0 Å². The molecule has 2 atom stereocenters. The van der Waals surface area contributed by atoms with E-state index in [4.69, 9.17) is 0 Å². The van der Waals surface area contributed by atoms with Crippen molar-refractivity contribution in [2.75, 3.05) is 13.1 Å². The average molecular weight is 283 g/mol. The van der Waals surface area contributed by atoms with Crippen molar-refractivity contribution in [2.24, 2.45) is 0 Å². The van der Waals surface area contributed by atoms with Gasteiger partial charge in [0, 0.05) is 18.0 Å². The molecule has 0 aromatic heterocycles. The van der Waals surface area contributed by atoms with Gasteiger partial charge < -0.3 is 5.11 Å². The minimum atomic E-state index is -0.662. The van der Waals surface area contributed by atoms with E-state index < -0.39 is 17.7 Å². The Labute approximate surface area is 119 Å². The fourth-order valence-corrected chi connectivity index (χ4v) is 3.01. The second-order valence-electron chi connectivity index (χ2n) is 5.86. The second-order valence-corrected chi connectivity index (χ2v) is 5.86. The smallest absolute Gasteiger partial charge is 0.129 e. The van der Waals surface area contributed by atoms with Crippen LogP contribution in [-0.4, -0.2) is 34.7 Å². The Kier molecular flexibility index (Phi) is 4.76. The first-order valence-corrected chi connectivity index (χ1v) is 7.34. The molecule has 1 aliphatic heterocycles. The van der Waals surface area contributed by atoms with Crippen LogP contribution in [-0.2, 0) is 6.42 Å². The monoisotopic (exact) mass is 283 g/mol. The molecule has 0 aliphatic carbocycles. The van der Waals surface area contributed by atoms with Crippen molar-refractivity contribution in [1.29, 1.82) is 0 Å². The highest BCUT2D eigenvalue weighted by Crippen LogP contribution is 2.30. The summed E-state index contributed by atoms with van der Waals surface area (Å²) in [6.07, 6.45) is 2.65. The van der Waals surface area contributed by atoms with Gasteiger partial charge in [0.2, 0.25) is 0 Å². The molecule has 112 valence electrons. The molecular formula is C16H23F2NO. The van der Waals surface area contributed by atoms with E-state index in [-0.39, 0.29) is 12.0 Å². The van der Waals surface area contributed by atoms with E-state index in [9.17, 15) is 13.9 Å². The third kappa shape index (κ3) is 3.01. The molecule has 1 saturated heterocycles. The molecule has 20 heavy (non-hydrogen) atoms. The highest BCUT2D eigenvalue weighted by molar-refractivity contribution is 5.20. The minimum Gasteiger partial charge on any atom is -0.391 e. The predicted octanol–water partition coefficient (Wildman–Crippen LogP) is 3.13. The van der Waals surface area contributed by atoms with E-state index >= 15 is 0 Å². The number of benzene rings is 1. The van der Waals surface area contributed by atoms with E-state index in [1.807, 2.05) is 13.8 Å². The normalized spacial score (nSPS) is 20.9. The molecular weight excluding hydrogens is 260 g/mol. The van der Waals surface area contributed by atoms with E-state index in [2.05, 4.69) is 4.90 Å². The van der Waals surface area contributed by atoms with E-state index in [1.165, 1.54) is 12.1 Å². The maximum Gasteiger partial charge on any atom is 0.129 e. The first-order valence-electron chi connectivity index (χ1n) is 7.34. The Bertz CT molecular complexity index is 460. The molecule has 1 fully saturated rings. The molecule has 0 spiro atoms. The van der Waals surface area contributed by atoms with Crippen LogP contribution in [0, 0.1) is 11.6 Å². The largest absolute Gasteiger partial charge is 0.391 e. The fraction of sp³-hybridized carbons (Fsp3) is 0.625. The maximum absolute atomic E-state index is 13.7. The van der Waals surface area contributed by atoms with Crippen LogP contribution in [0.25, 0.3) is 0 Å². The summed E-state index contributed by atoms with van der Waals surface area (Å²) in [6, 6.07) is 3.54. The number of likely N-dealkylation sites (tertiary alicyclic amines) is 1. The third-order valence-electron chi connectivity index (χ3n) is 4.69. The van der Waals surface area contributed by atoms with Gasteiger partial charge in [-0.05, 0) is 50.9 Å². The van der Waals surface area contributed by atoms with E-state index in [0.29, 0.717) is 5.56 Å². The zero-order chi connectivity index (χ0) is 14.8. The Morgan fingerprint density at radius 1 is 1.30 bits per heavy atom. The summed E-state index contributed by atoms with van der Waals surface area (Å²) in [5.74, 6) is -1.16. The van der Waals surface area contributed by atoms with Gasteiger partial charge >= 0.3 is 0 Å². The summed E-state index contributed by atoms with van der Waals surface area (Å²) < 4.78 is 26.6. The number of rotatable bonds is 5. The van der Waals surface area contributed by atoms with Crippen LogP contribution in [0.5, 0.6) is 0 Å². The van der Waals surface area contributed by atoms with Crippen LogP contribution in [0.15, 0.2) is 18.2 Å². The molecule has 0 radical (unpaired) electrons. The second kappa shape index (κ2) is 6.19. The minimum absolute atomic E-state index is 0.215. The zero-order valence-corrected chi connectivity index (χ0v) is 12.2. The van der Waals surface area contributed by atoms with E-state index in [1.54, 1.807) is 0 Å². The lowest BCUT2D eigenvalue weighted by molar-refractivity contribution is -0.0121. The number of nitrogens with zero attached hydrogens (tertiary/aromatic N) is 1. The van der Waals surface area contributed by atoms with Gasteiger partial charge in [0.05, 0.1) is 6.10 Å². The molecule has 1 aliphatic rings. The lowest BCUT2D eigenvalue weighted by atomic mass is 9.86. The molecule has 1 N–H and O–H groups in total. The van der Waals surface area contributed by atoms with Gasteiger partial charge in [-0.3, -0.25) is 4.90 Å². The van der Waals surface area contributed by atoms with Crippen LogP contribution in [0.3, 0.4) is 0 Å². The SMILES string of the molecule is CCC(C)(C(O)Cc1ccc(F)cc1F)N1CCCC1. The molecule has 2 nitrogen and oxygen atoms in total. The number of halogens is 2. The van der Waals surface area contributed by atoms with Crippen molar-refractivity contribution in [3.8, 4) is 0 Å². The van der Waals surface area contributed by atoms with Crippen LogP contribution < -0.4 is 0 Å². The standard InChI is InChI=1S/C16H23F2NO/c1-3-16(2,19-8-4-5-9-19)15(20)10-12-6-7-13(17)11-14(12)18/h6-7,11,15,20H,3-5,8-10H2,1-2H3. The van der Waals surface area contributed by atoms with Crippen LogP contribution >= 0.6 is 0 Å². The summed E-state index contributed by atoms with van der Waals surface area (Å²) in [5, 5.41) is 10.6. The maximum atomic E-state index is 13.7. The molecule has 4 heteroatoms. The molecule has 0 amide bonds. The van der Waals surface area contributed by atoms with Crippen molar-refractivity contribution in [3.63, 3.8) is 0 Å². The number of hydrogen-bond donors (Lipinski definition) is 1. The van der Waals surface area contributed by atoms with Crippen molar-refractivity contribution < 1.29 is 13.9 Å². The van der Waals surface area contributed by atoms with Crippen molar-refractivity contribution in [2.45, 2.75) is 51.2 Å². The van der Waals surface area contributed by atoms with E-state index in [0.717, 1.165) is 38.4 Å². The summed E-state index contributed by atoms with van der Waals surface area (Å²) in [4.78, 5) is 2.29. The molecule has 0 bridgehead atoms. The van der Waals surface area contributed by atoms with Crippen LogP contribution in [0.4, 0.5) is 8.78 Å². The van der Waals surface area contributed by atoms with Gasteiger partial charge in [-0.1, -0.05) is 13.0 Å². The zero-order valence-electron chi connectivity index (χ0n) is 12.2. The van der Waals surface area contributed by atoms with Crippen molar-refractivity contribution in [1.82, 2.24) is 4.90 Å². The Morgan fingerprint density at radius 3 is 2.50 bits per heavy atom. The van der Waals surface area contributed by atoms with Crippen molar-refractivity contribution in [3.05, 3.63) is 35.4 Å². The van der Waals surface area contributed by atoms with Crippen molar-refractivity contribution >= 4 is 0 Å². The topological polar surface area (TPSA) is 23.5 Å². The predicted molar refractivity (Wildman–Crippen MR) is 75.6 cm³/mol. The highest BCUT2D eigenvalue weighted by Gasteiger charge is 2.38. The molecule has 2 rings (SSSR count). The van der Waals surface area contributed by atoms with Gasteiger partial charge in [0.1, 0.15) is 11.6 Å².